The molecule has 0 saturated carbocycles. The lowest BCUT2D eigenvalue weighted by molar-refractivity contribution is 0.102. The molecule has 1 amide bonds. The highest BCUT2D eigenvalue weighted by Crippen LogP contribution is 2.33. The third-order valence-corrected chi connectivity index (χ3v) is 5.41. The fraction of sp³-hybridized carbons (Fsp3) is 0.235. The maximum absolute atomic E-state index is 12.6. The summed E-state index contributed by atoms with van der Waals surface area (Å²) < 4.78 is 31.6. The number of ether oxygens (including phenoxy) is 1. The SMILES string of the molecule is CNS(=O)(=O)c1cc(C(=O)Nc2cccc(Cl)c2N(C)C)ccc1OC. The normalized spacial score (nSPS) is 11.1. The summed E-state index contributed by atoms with van der Waals surface area (Å²) in [5.74, 6) is -0.321. The van der Waals surface area contributed by atoms with Gasteiger partial charge in [-0.2, -0.15) is 0 Å². The number of rotatable bonds is 6. The molecule has 0 aliphatic rings. The Morgan fingerprint density at radius 2 is 1.88 bits per heavy atom. The lowest BCUT2D eigenvalue weighted by Crippen LogP contribution is -2.21. The van der Waals surface area contributed by atoms with Gasteiger partial charge in [0.1, 0.15) is 10.6 Å². The molecule has 140 valence electrons. The summed E-state index contributed by atoms with van der Waals surface area (Å²) in [7, 11) is 2.48. The van der Waals surface area contributed by atoms with E-state index in [1.165, 1.54) is 32.4 Å². The molecule has 0 aliphatic heterocycles. The van der Waals surface area contributed by atoms with Gasteiger partial charge < -0.3 is 15.0 Å². The largest absolute Gasteiger partial charge is 0.495 e. The summed E-state index contributed by atoms with van der Waals surface area (Å²) in [6.07, 6.45) is 0. The summed E-state index contributed by atoms with van der Waals surface area (Å²) in [5, 5.41) is 3.25. The molecule has 0 aliphatic carbocycles. The zero-order chi connectivity index (χ0) is 19.5. The van der Waals surface area contributed by atoms with E-state index in [1.54, 1.807) is 23.1 Å². The number of carbonyl (C=O) groups is 1. The zero-order valence-electron chi connectivity index (χ0n) is 14.8. The molecule has 0 atom stereocenters. The van der Waals surface area contributed by atoms with Crippen LogP contribution >= 0.6 is 11.6 Å². The second-order valence-corrected chi connectivity index (χ2v) is 7.82. The minimum Gasteiger partial charge on any atom is -0.495 e. The number of hydrogen-bond donors (Lipinski definition) is 2. The second-order valence-electron chi connectivity index (χ2n) is 5.56. The number of para-hydroxylation sites is 1. The highest BCUT2D eigenvalue weighted by Gasteiger charge is 2.21. The van der Waals surface area contributed by atoms with Gasteiger partial charge in [0.05, 0.1) is 23.5 Å². The predicted octanol–water partition coefficient (Wildman–Crippen LogP) is 2.58. The van der Waals surface area contributed by atoms with Crippen molar-refractivity contribution in [1.29, 1.82) is 0 Å². The van der Waals surface area contributed by atoms with Gasteiger partial charge in [-0.25, -0.2) is 13.1 Å². The Labute approximate surface area is 158 Å². The minimum absolute atomic E-state index is 0.117. The van der Waals surface area contributed by atoms with Crippen molar-refractivity contribution in [3.63, 3.8) is 0 Å². The number of hydrogen-bond acceptors (Lipinski definition) is 5. The van der Waals surface area contributed by atoms with E-state index >= 15 is 0 Å². The Hall–Kier alpha value is -2.29. The van der Waals surface area contributed by atoms with Gasteiger partial charge in [0.15, 0.2) is 0 Å². The number of benzene rings is 2. The van der Waals surface area contributed by atoms with E-state index in [9.17, 15) is 13.2 Å². The van der Waals surface area contributed by atoms with Crippen molar-refractivity contribution >= 4 is 38.9 Å². The van der Waals surface area contributed by atoms with Gasteiger partial charge in [0.25, 0.3) is 5.91 Å². The average Bonchev–Trinajstić information content (AvgIpc) is 2.60. The summed E-state index contributed by atoms with van der Waals surface area (Å²) >= 11 is 6.20. The molecule has 2 rings (SSSR count). The van der Waals surface area contributed by atoms with Crippen LogP contribution in [0.1, 0.15) is 10.4 Å². The minimum atomic E-state index is -3.78. The number of carbonyl (C=O) groups excluding carboxylic acids is 1. The smallest absolute Gasteiger partial charge is 0.255 e. The van der Waals surface area contributed by atoms with Crippen LogP contribution in [0, 0.1) is 0 Å². The number of halogens is 1. The van der Waals surface area contributed by atoms with Crippen LogP contribution in [0.25, 0.3) is 0 Å². The van der Waals surface area contributed by atoms with Crippen LogP contribution in [0.15, 0.2) is 41.3 Å². The Balaban J connectivity index is 2.44. The first-order chi connectivity index (χ1) is 12.2. The van der Waals surface area contributed by atoms with Crippen molar-refractivity contribution in [3.8, 4) is 5.75 Å². The third-order valence-electron chi connectivity index (χ3n) is 3.67. The van der Waals surface area contributed by atoms with Crippen molar-refractivity contribution in [3.05, 3.63) is 47.0 Å². The molecule has 0 aromatic heterocycles. The molecule has 2 aromatic rings. The Bertz CT molecular complexity index is 930. The maximum Gasteiger partial charge on any atom is 0.255 e. The van der Waals surface area contributed by atoms with Crippen molar-refractivity contribution in [1.82, 2.24) is 4.72 Å². The van der Waals surface area contributed by atoms with Crippen LogP contribution < -0.4 is 19.7 Å². The average molecular weight is 398 g/mol. The van der Waals surface area contributed by atoms with Crippen LogP contribution in [0.4, 0.5) is 11.4 Å². The summed E-state index contributed by atoms with van der Waals surface area (Å²) in [5.41, 5.74) is 1.34. The molecular formula is C17H20ClN3O4S. The van der Waals surface area contributed by atoms with E-state index in [4.69, 9.17) is 16.3 Å². The van der Waals surface area contributed by atoms with Gasteiger partial charge in [0, 0.05) is 19.7 Å². The molecule has 9 heteroatoms. The Kier molecular flexibility index (Phi) is 6.12. The van der Waals surface area contributed by atoms with Crippen molar-refractivity contribution in [2.75, 3.05) is 38.5 Å². The van der Waals surface area contributed by atoms with Gasteiger partial charge in [-0.1, -0.05) is 17.7 Å². The Morgan fingerprint density at radius 3 is 2.46 bits per heavy atom. The first kappa shape index (κ1) is 20.0. The fourth-order valence-corrected chi connectivity index (χ4v) is 3.66. The number of amides is 1. The van der Waals surface area contributed by atoms with E-state index < -0.39 is 15.9 Å². The molecule has 0 fully saturated rings. The van der Waals surface area contributed by atoms with Crippen LogP contribution in [0.5, 0.6) is 5.75 Å². The molecule has 0 radical (unpaired) electrons. The lowest BCUT2D eigenvalue weighted by atomic mass is 10.2. The lowest BCUT2D eigenvalue weighted by Gasteiger charge is -2.19. The molecule has 0 unspecified atom stereocenters. The van der Waals surface area contributed by atoms with Crippen LogP contribution in [0.2, 0.25) is 5.02 Å². The van der Waals surface area contributed by atoms with E-state index in [0.717, 1.165) is 0 Å². The molecule has 2 aromatic carbocycles. The monoisotopic (exact) mass is 397 g/mol. The van der Waals surface area contributed by atoms with Gasteiger partial charge in [-0.05, 0) is 37.4 Å². The van der Waals surface area contributed by atoms with Crippen LogP contribution in [-0.2, 0) is 10.0 Å². The second kappa shape index (κ2) is 7.94. The van der Waals surface area contributed by atoms with Gasteiger partial charge in [0.2, 0.25) is 10.0 Å². The highest BCUT2D eigenvalue weighted by molar-refractivity contribution is 7.89. The van der Waals surface area contributed by atoms with Crippen molar-refractivity contribution in [2.24, 2.45) is 0 Å². The molecule has 0 saturated heterocycles. The molecular weight excluding hydrogens is 378 g/mol. The summed E-state index contributed by atoms with van der Waals surface area (Å²) in [6, 6.07) is 9.34. The number of methoxy groups -OCH3 is 1. The molecule has 0 spiro atoms. The Morgan fingerprint density at radius 1 is 1.19 bits per heavy atom. The topological polar surface area (TPSA) is 87.7 Å². The first-order valence-electron chi connectivity index (χ1n) is 7.60. The van der Waals surface area contributed by atoms with E-state index in [-0.39, 0.29) is 16.2 Å². The fourth-order valence-electron chi connectivity index (χ4n) is 2.40. The molecule has 0 bridgehead atoms. The maximum atomic E-state index is 12.6. The standard InChI is InChI=1S/C17H20ClN3O4S/c1-19-26(23,24)15-10-11(8-9-14(15)25-4)17(22)20-13-7-5-6-12(18)16(13)21(2)3/h5-10,19H,1-4H3,(H,20,22). The quantitative estimate of drug-likeness (QED) is 0.782. The van der Waals surface area contributed by atoms with E-state index in [2.05, 4.69) is 10.0 Å². The van der Waals surface area contributed by atoms with Gasteiger partial charge >= 0.3 is 0 Å². The number of sulfonamides is 1. The van der Waals surface area contributed by atoms with E-state index in [0.29, 0.717) is 16.4 Å². The molecule has 0 heterocycles. The highest BCUT2D eigenvalue weighted by atomic mass is 35.5. The van der Waals surface area contributed by atoms with Crippen molar-refractivity contribution in [2.45, 2.75) is 4.90 Å². The zero-order valence-corrected chi connectivity index (χ0v) is 16.4. The number of anilines is 2. The molecule has 2 N–H and O–H groups in total. The predicted molar refractivity (Wildman–Crippen MR) is 103 cm³/mol. The first-order valence-corrected chi connectivity index (χ1v) is 9.46. The van der Waals surface area contributed by atoms with Crippen LogP contribution in [0.3, 0.4) is 0 Å². The van der Waals surface area contributed by atoms with E-state index in [1.807, 2.05) is 14.1 Å². The van der Waals surface area contributed by atoms with Gasteiger partial charge in [-0.15, -0.1) is 0 Å². The number of nitrogens with zero attached hydrogens (tertiary/aromatic N) is 1. The summed E-state index contributed by atoms with van der Waals surface area (Å²) in [4.78, 5) is 14.3. The van der Waals surface area contributed by atoms with Gasteiger partial charge in [-0.3, -0.25) is 4.79 Å². The summed E-state index contributed by atoms with van der Waals surface area (Å²) in [6.45, 7) is 0. The van der Waals surface area contributed by atoms with Crippen LogP contribution in [-0.4, -0.2) is 42.6 Å². The molecule has 26 heavy (non-hydrogen) atoms. The molecule has 7 nitrogen and oxygen atoms in total. The third kappa shape index (κ3) is 4.09. The van der Waals surface area contributed by atoms with Crippen molar-refractivity contribution < 1.29 is 17.9 Å². The number of nitrogens with one attached hydrogen (secondary N) is 2.